The van der Waals surface area contributed by atoms with Crippen LogP contribution < -0.4 is 14.4 Å². The number of nitrogens with zero attached hydrogens (tertiary/aromatic N) is 3. The number of nitrogens with one attached hydrogen (secondary N) is 2. The first-order valence-electron chi connectivity index (χ1n) is 12.0. The fraction of sp³-hybridized carbons (Fsp3) is 0.400. The summed E-state index contributed by atoms with van der Waals surface area (Å²) in [6, 6.07) is 8.65. The highest BCUT2D eigenvalue weighted by Gasteiger charge is 2.27. The van der Waals surface area contributed by atoms with Crippen LogP contribution in [-0.4, -0.2) is 62.4 Å². The molecule has 2 aromatic heterocycles. The van der Waals surface area contributed by atoms with Crippen LogP contribution in [0.5, 0.6) is 5.75 Å². The number of amides is 1. The fourth-order valence-corrected chi connectivity index (χ4v) is 4.89. The monoisotopic (exact) mass is 531 g/mol. The predicted molar refractivity (Wildman–Crippen MR) is 135 cm³/mol. The van der Waals surface area contributed by atoms with Crippen molar-refractivity contribution in [3.8, 4) is 17.0 Å². The molecule has 37 heavy (non-hydrogen) atoms. The number of pyridine rings is 1. The molecule has 2 N–H and O–H groups in total. The van der Waals surface area contributed by atoms with E-state index in [1.807, 2.05) is 18.7 Å². The van der Waals surface area contributed by atoms with E-state index in [1.54, 1.807) is 19.2 Å². The summed E-state index contributed by atoms with van der Waals surface area (Å²) in [4.78, 5) is 19.8. The van der Waals surface area contributed by atoms with Gasteiger partial charge in [-0.05, 0) is 49.1 Å². The molecule has 3 heterocycles. The Kier molecular flexibility index (Phi) is 8.08. The maximum atomic E-state index is 14.4. The highest BCUT2D eigenvalue weighted by Crippen LogP contribution is 2.30. The molecule has 1 saturated heterocycles. The van der Waals surface area contributed by atoms with Gasteiger partial charge in [0.15, 0.2) is 5.03 Å². The Bertz CT molecular complexity index is 1340. The summed E-state index contributed by atoms with van der Waals surface area (Å²) in [5.74, 6) is -0.369. The van der Waals surface area contributed by atoms with Crippen molar-refractivity contribution in [2.24, 2.45) is 5.92 Å². The number of aromatic amines is 1. The molecule has 0 radical (unpaired) electrons. The Morgan fingerprint density at radius 3 is 2.62 bits per heavy atom. The van der Waals surface area contributed by atoms with Gasteiger partial charge in [0.25, 0.3) is 15.9 Å². The molecule has 0 saturated carbocycles. The van der Waals surface area contributed by atoms with E-state index in [0.29, 0.717) is 55.4 Å². The topological polar surface area (TPSA) is 127 Å². The third kappa shape index (κ3) is 6.44. The standard InChI is InChI=1S/C25H30FN5O5S/c1-16(2)15-36-20-13-17(12-18(26)14-20)22-5-4-21(24(28-22)31-10-7-19(35-3)8-11-31)25(32)30-37(33,34)23-6-9-27-29-23/h4-6,9,12-14,16,19H,7-8,10-11,15H2,1-3H3,(H,27,29)(H,30,32). The summed E-state index contributed by atoms with van der Waals surface area (Å²) >= 11 is 0. The Balaban J connectivity index is 1.70. The second kappa shape index (κ2) is 11.3. The molecular weight excluding hydrogens is 501 g/mol. The molecule has 1 aliphatic heterocycles. The minimum absolute atomic E-state index is 0.0791. The SMILES string of the molecule is COC1CCN(c2nc(-c3cc(F)cc(OCC(C)C)c3)ccc2C(=O)NS(=O)(=O)c2ccn[nH]2)CC1. The van der Waals surface area contributed by atoms with E-state index in [9.17, 15) is 17.6 Å². The van der Waals surface area contributed by atoms with E-state index in [4.69, 9.17) is 14.5 Å². The summed E-state index contributed by atoms with van der Waals surface area (Å²) < 4.78 is 52.9. The third-order valence-electron chi connectivity index (χ3n) is 5.94. The zero-order valence-electron chi connectivity index (χ0n) is 20.9. The van der Waals surface area contributed by atoms with Gasteiger partial charge in [-0.2, -0.15) is 13.5 Å². The lowest BCUT2D eigenvalue weighted by Crippen LogP contribution is -2.39. The van der Waals surface area contributed by atoms with Gasteiger partial charge in [-0.1, -0.05) is 13.8 Å². The molecule has 0 bridgehead atoms. The Morgan fingerprint density at radius 1 is 1.22 bits per heavy atom. The highest BCUT2D eigenvalue weighted by atomic mass is 32.2. The van der Waals surface area contributed by atoms with Crippen molar-refractivity contribution in [1.82, 2.24) is 19.9 Å². The number of halogens is 1. The highest BCUT2D eigenvalue weighted by molar-refractivity contribution is 7.90. The van der Waals surface area contributed by atoms with Gasteiger partial charge in [0.2, 0.25) is 0 Å². The average molecular weight is 532 g/mol. The molecule has 10 nitrogen and oxygen atoms in total. The van der Waals surface area contributed by atoms with Crippen LogP contribution in [0.15, 0.2) is 47.6 Å². The van der Waals surface area contributed by atoms with Gasteiger partial charge in [0.1, 0.15) is 17.4 Å². The number of carbonyl (C=O) groups is 1. The molecule has 3 aromatic rings. The lowest BCUT2D eigenvalue weighted by molar-refractivity contribution is 0.0817. The van der Waals surface area contributed by atoms with E-state index in [2.05, 4.69) is 14.9 Å². The largest absolute Gasteiger partial charge is 0.493 e. The Labute approximate surface area is 215 Å². The normalized spacial score (nSPS) is 14.7. The minimum atomic E-state index is -4.16. The summed E-state index contributed by atoms with van der Waals surface area (Å²) in [5, 5.41) is 5.74. The van der Waals surface area contributed by atoms with Gasteiger partial charge in [0, 0.05) is 31.8 Å². The number of hydrogen-bond acceptors (Lipinski definition) is 8. The van der Waals surface area contributed by atoms with Gasteiger partial charge in [-0.3, -0.25) is 9.89 Å². The lowest BCUT2D eigenvalue weighted by Gasteiger charge is -2.33. The number of hydrogen-bond donors (Lipinski definition) is 2. The van der Waals surface area contributed by atoms with Crippen LogP contribution in [0.4, 0.5) is 10.2 Å². The summed E-state index contributed by atoms with van der Waals surface area (Å²) in [6.45, 7) is 5.52. The second-order valence-corrected chi connectivity index (χ2v) is 10.9. The summed E-state index contributed by atoms with van der Waals surface area (Å²) in [7, 11) is -2.51. The maximum absolute atomic E-state index is 14.4. The van der Waals surface area contributed by atoms with Crippen molar-refractivity contribution < 1.29 is 27.1 Å². The second-order valence-electron chi connectivity index (χ2n) is 9.23. The van der Waals surface area contributed by atoms with E-state index in [-0.39, 0.29) is 22.6 Å². The van der Waals surface area contributed by atoms with Crippen LogP contribution in [0, 0.1) is 11.7 Å². The molecule has 1 aromatic carbocycles. The van der Waals surface area contributed by atoms with Crippen molar-refractivity contribution in [3.05, 3.63) is 54.0 Å². The van der Waals surface area contributed by atoms with Crippen molar-refractivity contribution in [1.29, 1.82) is 0 Å². The van der Waals surface area contributed by atoms with Crippen LogP contribution >= 0.6 is 0 Å². The molecule has 0 atom stereocenters. The van der Waals surface area contributed by atoms with Gasteiger partial charge in [-0.25, -0.2) is 14.1 Å². The van der Waals surface area contributed by atoms with Crippen LogP contribution in [0.3, 0.4) is 0 Å². The van der Waals surface area contributed by atoms with E-state index < -0.39 is 21.7 Å². The molecule has 198 valence electrons. The van der Waals surface area contributed by atoms with Crippen molar-refractivity contribution in [3.63, 3.8) is 0 Å². The van der Waals surface area contributed by atoms with Gasteiger partial charge >= 0.3 is 0 Å². The number of sulfonamides is 1. The molecule has 12 heteroatoms. The van der Waals surface area contributed by atoms with Crippen LogP contribution in [0.25, 0.3) is 11.3 Å². The van der Waals surface area contributed by atoms with Crippen LogP contribution in [0.2, 0.25) is 0 Å². The molecule has 4 rings (SSSR count). The van der Waals surface area contributed by atoms with Crippen LogP contribution in [-0.2, 0) is 14.8 Å². The molecule has 0 spiro atoms. The van der Waals surface area contributed by atoms with E-state index in [0.717, 1.165) is 0 Å². The smallest absolute Gasteiger partial charge is 0.281 e. The number of aromatic nitrogens is 3. The maximum Gasteiger partial charge on any atom is 0.281 e. The average Bonchev–Trinajstić information content (AvgIpc) is 3.43. The van der Waals surface area contributed by atoms with Crippen molar-refractivity contribution in [2.45, 2.75) is 37.8 Å². The zero-order valence-corrected chi connectivity index (χ0v) is 21.7. The number of rotatable bonds is 9. The molecule has 1 amide bonds. The van der Waals surface area contributed by atoms with E-state index >= 15 is 0 Å². The number of ether oxygens (including phenoxy) is 2. The molecule has 0 aliphatic carbocycles. The van der Waals surface area contributed by atoms with Crippen LogP contribution in [0.1, 0.15) is 37.0 Å². The summed E-state index contributed by atoms with van der Waals surface area (Å²) in [6.07, 6.45) is 2.78. The molecule has 1 fully saturated rings. The third-order valence-corrected chi connectivity index (χ3v) is 7.20. The first-order chi connectivity index (χ1) is 17.7. The Hall–Kier alpha value is -3.51. The van der Waals surface area contributed by atoms with E-state index in [1.165, 1.54) is 30.5 Å². The first kappa shape index (κ1) is 26.6. The first-order valence-corrected chi connectivity index (χ1v) is 13.4. The predicted octanol–water partition coefficient (Wildman–Crippen LogP) is 3.38. The Morgan fingerprint density at radius 2 is 1.97 bits per heavy atom. The number of benzene rings is 1. The van der Waals surface area contributed by atoms with Gasteiger partial charge in [-0.15, -0.1) is 0 Å². The number of methoxy groups -OCH3 is 1. The molecular formula is C25H30FN5O5S. The number of carbonyl (C=O) groups excluding carboxylic acids is 1. The number of H-pyrrole nitrogens is 1. The minimum Gasteiger partial charge on any atom is -0.493 e. The fourth-order valence-electron chi connectivity index (χ4n) is 4.01. The number of anilines is 1. The van der Waals surface area contributed by atoms with Gasteiger partial charge in [0.05, 0.1) is 30.2 Å². The molecule has 1 aliphatic rings. The summed E-state index contributed by atoms with van der Waals surface area (Å²) in [5.41, 5.74) is 0.977. The quantitative estimate of drug-likeness (QED) is 0.430. The van der Waals surface area contributed by atoms with Gasteiger partial charge < -0.3 is 14.4 Å². The van der Waals surface area contributed by atoms with Crippen molar-refractivity contribution >= 4 is 21.7 Å². The van der Waals surface area contributed by atoms with Crippen molar-refractivity contribution in [2.75, 3.05) is 31.7 Å². The zero-order chi connectivity index (χ0) is 26.6. The molecule has 0 unspecified atom stereocenters. The number of piperidine rings is 1. The lowest BCUT2D eigenvalue weighted by atomic mass is 10.1.